The van der Waals surface area contributed by atoms with Crippen LogP contribution in [-0.4, -0.2) is 27.0 Å². The van der Waals surface area contributed by atoms with Gasteiger partial charge in [0.05, 0.1) is 12.1 Å². The number of rotatable bonds is 3. The summed E-state index contributed by atoms with van der Waals surface area (Å²) in [6.07, 6.45) is -4.77. The third-order valence-electron chi connectivity index (χ3n) is 1.43. The Labute approximate surface area is 77.7 Å². The number of ketones is 1. The van der Waals surface area contributed by atoms with Gasteiger partial charge in [-0.2, -0.15) is 13.2 Å². The van der Waals surface area contributed by atoms with Crippen molar-refractivity contribution in [2.45, 2.75) is 19.0 Å². The molecular formula is C7H8F3N3O. The average molecular weight is 207 g/mol. The highest BCUT2D eigenvalue weighted by molar-refractivity contribution is 5.80. The molecule has 0 bridgehead atoms. The molecule has 7 heteroatoms. The van der Waals surface area contributed by atoms with E-state index in [0.717, 1.165) is 0 Å². The van der Waals surface area contributed by atoms with Crippen LogP contribution in [0.25, 0.3) is 0 Å². The summed E-state index contributed by atoms with van der Waals surface area (Å²) >= 11 is 0. The van der Waals surface area contributed by atoms with Crippen molar-refractivity contribution in [3.63, 3.8) is 0 Å². The topological polar surface area (TPSA) is 47.8 Å². The van der Waals surface area contributed by atoms with Crippen molar-refractivity contribution in [1.82, 2.24) is 15.0 Å². The molecule has 0 unspecified atom stereocenters. The van der Waals surface area contributed by atoms with Gasteiger partial charge in [-0.3, -0.25) is 9.48 Å². The van der Waals surface area contributed by atoms with Crippen LogP contribution in [0.2, 0.25) is 0 Å². The SMILES string of the molecule is Cn1cc(CC(=O)CC(F)(F)F)nn1. The standard InChI is InChI=1S/C7H8F3N3O/c1-13-4-5(11-12-13)2-6(14)3-7(8,9)10/h4H,2-3H2,1H3. The van der Waals surface area contributed by atoms with Crippen molar-refractivity contribution < 1.29 is 18.0 Å². The van der Waals surface area contributed by atoms with Crippen molar-refractivity contribution in [1.29, 1.82) is 0 Å². The zero-order valence-corrected chi connectivity index (χ0v) is 7.38. The number of carbonyl (C=O) groups excluding carboxylic acids is 1. The number of aryl methyl sites for hydroxylation is 1. The van der Waals surface area contributed by atoms with E-state index in [4.69, 9.17) is 0 Å². The predicted molar refractivity (Wildman–Crippen MR) is 40.4 cm³/mol. The van der Waals surface area contributed by atoms with E-state index in [0.29, 0.717) is 0 Å². The molecule has 0 saturated carbocycles. The Morgan fingerprint density at radius 3 is 2.64 bits per heavy atom. The van der Waals surface area contributed by atoms with Gasteiger partial charge in [0, 0.05) is 13.2 Å². The summed E-state index contributed by atoms with van der Waals surface area (Å²) in [7, 11) is 1.57. The highest BCUT2D eigenvalue weighted by Gasteiger charge is 2.31. The van der Waals surface area contributed by atoms with Crippen molar-refractivity contribution in [3.8, 4) is 0 Å². The molecule has 0 atom stereocenters. The first kappa shape index (κ1) is 10.7. The molecule has 0 aliphatic carbocycles. The molecule has 0 aliphatic heterocycles. The van der Waals surface area contributed by atoms with Crippen LogP contribution in [0.15, 0.2) is 6.20 Å². The molecule has 4 nitrogen and oxygen atoms in total. The van der Waals surface area contributed by atoms with Crippen LogP contribution in [0.3, 0.4) is 0 Å². The Kier molecular flexibility index (Phi) is 2.87. The molecule has 1 rings (SSSR count). The molecule has 1 heterocycles. The van der Waals surface area contributed by atoms with Crippen LogP contribution in [0.4, 0.5) is 13.2 Å². The van der Waals surface area contributed by atoms with E-state index in [1.54, 1.807) is 7.05 Å². The van der Waals surface area contributed by atoms with Crippen LogP contribution in [0.5, 0.6) is 0 Å². The van der Waals surface area contributed by atoms with Gasteiger partial charge in [-0.05, 0) is 0 Å². The predicted octanol–water partition coefficient (Wildman–Crippen LogP) is 0.879. The lowest BCUT2D eigenvalue weighted by Crippen LogP contribution is -2.16. The Bertz CT molecular complexity index is 331. The molecular weight excluding hydrogens is 199 g/mol. The Balaban J connectivity index is 2.50. The van der Waals surface area contributed by atoms with Crippen molar-refractivity contribution in [2.24, 2.45) is 7.05 Å². The van der Waals surface area contributed by atoms with Gasteiger partial charge < -0.3 is 0 Å². The summed E-state index contributed by atoms with van der Waals surface area (Å²) in [4.78, 5) is 10.8. The van der Waals surface area contributed by atoms with Gasteiger partial charge in [0.25, 0.3) is 0 Å². The molecule has 78 valence electrons. The summed E-state index contributed by atoms with van der Waals surface area (Å²) in [5, 5.41) is 7.01. The molecule has 0 radical (unpaired) electrons. The van der Waals surface area contributed by atoms with Gasteiger partial charge in [0.15, 0.2) is 0 Å². The number of hydrogen-bond acceptors (Lipinski definition) is 3. The van der Waals surface area contributed by atoms with E-state index >= 15 is 0 Å². The van der Waals surface area contributed by atoms with Gasteiger partial charge in [-0.25, -0.2) is 0 Å². The average Bonchev–Trinajstić information content (AvgIpc) is 2.30. The molecule has 0 spiro atoms. The second kappa shape index (κ2) is 3.77. The highest BCUT2D eigenvalue weighted by atomic mass is 19.4. The normalized spacial score (nSPS) is 11.7. The Morgan fingerprint density at radius 1 is 1.57 bits per heavy atom. The van der Waals surface area contributed by atoms with Crippen molar-refractivity contribution in [3.05, 3.63) is 11.9 Å². The molecule has 14 heavy (non-hydrogen) atoms. The first-order chi connectivity index (χ1) is 6.37. The lowest BCUT2D eigenvalue weighted by Gasteiger charge is -2.02. The third-order valence-corrected chi connectivity index (χ3v) is 1.43. The van der Waals surface area contributed by atoms with Crippen LogP contribution >= 0.6 is 0 Å². The monoisotopic (exact) mass is 207 g/mol. The highest BCUT2D eigenvalue weighted by Crippen LogP contribution is 2.20. The largest absolute Gasteiger partial charge is 0.395 e. The first-order valence-electron chi connectivity index (χ1n) is 3.80. The molecule has 0 aromatic carbocycles. The van der Waals surface area contributed by atoms with Gasteiger partial charge in [0.1, 0.15) is 12.2 Å². The zero-order valence-electron chi connectivity index (χ0n) is 7.38. The van der Waals surface area contributed by atoms with E-state index in [1.807, 2.05) is 0 Å². The Hall–Kier alpha value is -1.40. The van der Waals surface area contributed by atoms with Gasteiger partial charge in [-0.15, -0.1) is 5.10 Å². The molecule has 0 aliphatic rings. The Morgan fingerprint density at radius 2 is 2.21 bits per heavy atom. The summed E-state index contributed by atoms with van der Waals surface area (Å²) in [6.45, 7) is 0. The second-order valence-electron chi connectivity index (χ2n) is 2.89. The van der Waals surface area contributed by atoms with Crippen molar-refractivity contribution in [2.75, 3.05) is 0 Å². The van der Waals surface area contributed by atoms with Gasteiger partial charge in [-0.1, -0.05) is 5.21 Å². The van der Waals surface area contributed by atoms with E-state index in [2.05, 4.69) is 10.3 Å². The fraction of sp³-hybridized carbons (Fsp3) is 0.571. The van der Waals surface area contributed by atoms with Crippen molar-refractivity contribution >= 4 is 5.78 Å². The van der Waals surface area contributed by atoms with Gasteiger partial charge >= 0.3 is 6.18 Å². The summed E-state index contributed by atoms with van der Waals surface area (Å²) in [6, 6.07) is 0. The van der Waals surface area contributed by atoms with Crippen LogP contribution in [0, 0.1) is 0 Å². The number of halogens is 3. The smallest absolute Gasteiger partial charge is 0.299 e. The maximum atomic E-state index is 11.8. The number of hydrogen-bond donors (Lipinski definition) is 0. The van der Waals surface area contributed by atoms with E-state index in [-0.39, 0.29) is 12.1 Å². The number of carbonyl (C=O) groups is 1. The third kappa shape index (κ3) is 3.55. The number of alkyl halides is 3. The van der Waals surface area contributed by atoms with E-state index < -0.39 is 18.4 Å². The minimum Gasteiger partial charge on any atom is -0.299 e. The molecule has 0 fully saturated rings. The number of nitrogens with zero attached hydrogens (tertiary/aromatic N) is 3. The summed E-state index contributed by atoms with van der Waals surface area (Å²) in [5.41, 5.74) is 0.252. The fourth-order valence-corrected chi connectivity index (χ4v) is 0.964. The minimum absolute atomic E-state index is 0.252. The minimum atomic E-state index is -4.45. The van der Waals surface area contributed by atoms with Crippen LogP contribution in [-0.2, 0) is 18.3 Å². The summed E-state index contributed by atoms with van der Waals surface area (Å²) in [5.74, 6) is -0.905. The number of aromatic nitrogens is 3. The van der Waals surface area contributed by atoms with Crippen LogP contribution in [0.1, 0.15) is 12.1 Å². The quantitative estimate of drug-likeness (QED) is 0.739. The lowest BCUT2D eigenvalue weighted by molar-refractivity contribution is -0.151. The molecule has 1 aromatic rings. The fourth-order valence-electron chi connectivity index (χ4n) is 0.964. The molecule has 1 aromatic heterocycles. The maximum absolute atomic E-state index is 11.8. The summed E-state index contributed by atoms with van der Waals surface area (Å²) < 4.78 is 36.6. The lowest BCUT2D eigenvalue weighted by atomic mass is 10.2. The van der Waals surface area contributed by atoms with E-state index in [9.17, 15) is 18.0 Å². The first-order valence-corrected chi connectivity index (χ1v) is 3.80. The van der Waals surface area contributed by atoms with Crippen LogP contribution < -0.4 is 0 Å². The molecule has 0 amide bonds. The molecule has 0 N–H and O–H groups in total. The molecule has 0 saturated heterocycles. The van der Waals surface area contributed by atoms with E-state index in [1.165, 1.54) is 10.9 Å². The van der Waals surface area contributed by atoms with Gasteiger partial charge in [0.2, 0.25) is 0 Å². The number of Topliss-reactive ketones (excluding diaryl/α,β-unsaturated/α-hetero) is 1. The zero-order chi connectivity index (χ0) is 10.8. The second-order valence-corrected chi connectivity index (χ2v) is 2.89. The maximum Gasteiger partial charge on any atom is 0.395 e.